The van der Waals surface area contributed by atoms with Crippen LogP contribution in [0.25, 0.3) is 44.3 Å². The minimum Gasteiger partial charge on any atom is -0.497 e. The molecule has 5 heteroatoms. The molecule has 0 aliphatic heterocycles. The van der Waals surface area contributed by atoms with Crippen molar-refractivity contribution < 1.29 is 18.3 Å². The highest BCUT2D eigenvalue weighted by Gasteiger charge is 2.31. The molecule has 0 radical (unpaired) electrons. The van der Waals surface area contributed by atoms with E-state index in [1.165, 1.54) is 17.5 Å². The number of hydrogen-bond acceptors (Lipinski definition) is 5. The maximum Gasteiger partial charge on any atom is 0.231 e. The highest BCUT2D eigenvalue weighted by Crippen LogP contribution is 2.46. The van der Waals surface area contributed by atoms with Gasteiger partial charge in [0.1, 0.15) is 22.6 Å². The van der Waals surface area contributed by atoms with E-state index >= 15 is 0 Å². The fourth-order valence-corrected chi connectivity index (χ4v) is 5.52. The minimum atomic E-state index is 0.129. The summed E-state index contributed by atoms with van der Waals surface area (Å²) in [5, 5.41) is 3.23. The van der Waals surface area contributed by atoms with Crippen molar-refractivity contribution in [3.63, 3.8) is 0 Å². The number of rotatable bonds is 3. The lowest BCUT2D eigenvalue weighted by Gasteiger charge is -2.33. The smallest absolute Gasteiger partial charge is 0.231 e. The number of nitrogens with zero attached hydrogens (tertiary/aromatic N) is 1. The fourth-order valence-electron chi connectivity index (χ4n) is 5.52. The molecule has 0 unspecified atom stereocenters. The van der Waals surface area contributed by atoms with Crippen LogP contribution in [-0.4, -0.2) is 19.2 Å². The van der Waals surface area contributed by atoms with Crippen LogP contribution in [0.1, 0.15) is 43.4 Å². The van der Waals surface area contributed by atoms with Crippen LogP contribution in [0.3, 0.4) is 0 Å². The maximum atomic E-state index is 6.58. The number of benzene rings is 3. The molecular weight excluding hydrogens is 414 g/mol. The number of hydrogen-bond donors (Lipinski definition) is 0. The number of oxazole rings is 1. The first kappa shape index (κ1) is 20.2. The SMILES string of the molecule is COc1ccc(-c2nc3c(o2)c2c4c(ccc2c2occ(C)c32)C(C)(C)CCC4)c(OC)c1. The molecule has 33 heavy (non-hydrogen) atoms. The normalized spacial score (nSPS) is 15.3. The third-order valence-corrected chi connectivity index (χ3v) is 7.22. The van der Waals surface area contributed by atoms with Crippen molar-refractivity contribution in [1.82, 2.24) is 4.98 Å². The Morgan fingerprint density at radius 3 is 2.64 bits per heavy atom. The monoisotopic (exact) mass is 441 g/mol. The van der Waals surface area contributed by atoms with Gasteiger partial charge in [0.15, 0.2) is 5.58 Å². The molecule has 5 aromatic rings. The zero-order valence-corrected chi connectivity index (χ0v) is 19.7. The van der Waals surface area contributed by atoms with Gasteiger partial charge >= 0.3 is 0 Å². The van der Waals surface area contributed by atoms with Gasteiger partial charge in [0.25, 0.3) is 0 Å². The van der Waals surface area contributed by atoms with Crippen LogP contribution in [0.15, 0.2) is 45.4 Å². The Morgan fingerprint density at radius 2 is 1.85 bits per heavy atom. The minimum absolute atomic E-state index is 0.129. The Labute approximate surface area is 192 Å². The average molecular weight is 442 g/mol. The Balaban J connectivity index is 1.75. The summed E-state index contributed by atoms with van der Waals surface area (Å²) in [7, 11) is 3.29. The highest BCUT2D eigenvalue weighted by molar-refractivity contribution is 6.23. The predicted octanol–water partition coefficient (Wildman–Crippen LogP) is 7.33. The molecule has 3 aromatic carbocycles. The number of aromatic nitrogens is 1. The number of aryl methyl sites for hydroxylation is 2. The lowest BCUT2D eigenvalue weighted by Crippen LogP contribution is -2.23. The van der Waals surface area contributed by atoms with Crippen LogP contribution < -0.4 is 9.47 Å². The number of furan rings is 1. The summed E-state index contributed by atoms with van der Waals surface area (Å²) in [6, 6.07) is 10.2. The van der Waals surface area contributed by atoms with Gasteiger partial charge < -0.3 is 18.3 Å². The first-order valence-electron chi connectivity index (χ1n) is 11.4. The molecular formula is C28H27NO4. The lowest BCUT2D eigenvalue weighted by molar-refractivity contribution is 0.394. The van der Waals surface area contributed by atoms with E-state index in [1.54, 1.807) is 14.2 Å². The Kier molecular flexibility index (Phi) is 4.28. The van der Waals surface area contributed by atoms with E-state index in [0.717, 1.165) is 62.6 Å². The summed E-state index contributed by atoms with van der Waals surface area (Å²) < 4.78 is 23.7. The second-order valence-corrected chi connectivity index (χ2v) is 9.64. The average Bonchev–Trinajstić information content (AvgIpc) is 3.42. The molecule has 168 valence electrons. The first-order chi connectivity index (χ1) is 15.9. The van der Waals surface area contributed by atoms with E-state index in [0.29, 0.717) is 11.6 Å². The lowest BCUT2D eigenvalue weighted by atomic mass is 9.71. The van der Waals surface area contributed by atoms with E-state index < -0.39 is 0 Å². The molecule has 6 rings (SSSR count). The summed E-state index contributed by atoms with van der Waals surface area (Å²) in [6.07, 6.45) is 5.18. The van der Waals surface area contributed by atoms with E-state index in [-0.39, 0.29) is 5.41 Å². The van der Waals surface area contributed by atoms with Crippen molar-refractivity contribution >= 4 is 32.8 Å². The molecule has 0 amide bonds. The number of fused-ring (bicyclic) bond motifs is 8. The van der Waals surface area contributed by atoms with Crippen molar-refractivity contribution in [2.24, 2.45) is 0 Å². The van der Waals surface area contributed by atoms with E-state index in [2.05, 4.69) is 32.9 Å². The third kappa shape index (κ3) is 2.81. The zero-order chi connectivity index (χ0) is 22.9. The fraction of sp³-hybridized carbons (Fsp3) is 0.321. The number of methoxy groups -OCH3 is 2. The van der Waals surface area contributed by atoms with Crippen LogP contribution in [0.4, 0.5) is 0 Å². The van der Waals surface area contributed by atoms with Crippen molar-refractivity contribution in [1.29, 1.82) is 0 Å². The van der Waals surface area contributed by atoms with Gasteiger partial charge in [0, 0.05) is 16.8 Å². The van der Waals surface area contributed by atoms with Gasteiger partial charge in [-0.05, 0) is 60.4 Å². The number of ether oxygens (including phenoxy) is 2. The quantitative estimate of drug-likeness (QED) is 0.293. The molecule has 1 aliphatic carbocycles. The molecule has 0 spiro atoms. The molecule has 1 aliphatic rings. The topological polar surface area (TPSA) is 57.6 Å². The van der Waals surface area contributed by atoms with Crippen LogP contribution in [0.2, 0.25) is 0 Å². The molecule has 0 bridgehead atoms. The summed E-state index contributed by atoms with van der Waals surface area (Å²) in [6.45, 7) is 6.72. The Bertz CT molecular complexity index is 1550. The molecule has 0 N–H and O–H groups in total. The van der Waals surface area contributed by atoms with Crippen LogP contribution in [0.5, 0.6) is 11.5 Å². The van der Waals surface area contributed by atoms with Gasteiger partial charge in [0.2, 0.25) is 5.89 Å². The van der Waals surface area contributed by atoms with Gasteiger partial charge in [-0.2, -0.15) is 0 Å². The van der Waals surface area contributed by atoms with Crippen molar-refractivity contribution in [3.8, 4) is 23.0 Å². The third-order valence-electron chi connectivity index (χ3n) is 7.22. The molecule has 2 aromatic heterocycles. The largest absolute Gasteiger partial charge is 0.497 e. The first-order valence-corrected chi connectivity index (χ1v) is 11.4. The molecule has 2 heterocycles. The van der Waals surface area contributed by atoms with E-state index in [1.807, 2.05) is 24.5 Å². The van der Waals surface area contributed by atoms with E-state index in [4.69, 9.17) is 23.3 Å². The van der Waals surface area contributed by atoms with Crippen LogP contribution >= 0.6 is 0 Å². The molecule has 0 fully saturated rings. The van der Waals surface area contributed by atoms with Crippen molar-refractivity contribution in [3.05, 3.63) is 53.3 Å². The van der Waals surface area contributed by atoms with Gasteiger partial charge in [-0.1, -0.05) is 26.0 Å². The molecule has 0 saturated heterocycles. The van der Waals surface area contributed by atoms with Gasteiger partial charge in [-0.15, -0.1) is 0 Å². The van der Waals surface area contributed by atoms with Gasteiger partial charge in [-0.25, -0.2) is 4.98 Å². The van der Waals surface area contributed by atoms with Crippen LogP contribution in [-0.2, 0) is 11.8 Å². The summed E-state index contributed by atoms with van der Waals surface area (Å²) in [5.41, 5.74) is 7.27. The Morgan fingerprint density at radius 1 is 1.00 bits per heavy atom. The van der Waals surface area contributed by atoms with Gasteiger partial charge in [0.05, 0.1) is 31.4 Å². The molecule has 0 atom stereocenters. The second kappa shape index (κ2) is 7.01. The van der Waals surface area contributed by atoms with E-state index in [9.17, 15) is 0 Å². The van der Waals surface area contributed by atoms with Crippen molar-refractivity contribution in [2.75, 3.05) is 14.2 Å². The second-order valence-electron chi connectivity index (χ2n) is 9.64. The summed E-state index contributed by atoms with van der Waals surface area (Å²) >= 11 is 0. The standard InChI is InChI=1S/C28H27NO4/c1-15-14-32-25-19-10-11-20-17(7-6-12-28(20,2)3)23(19)26-24(22(15)25)29-27(33-26)18-9-8-16(30-4)13-21(18)31-5/h8-11,13-14H,6-7,12H2,1-5H3. The maximum absolute atomic E-state index is 6.58. The molecule has 0 saturated carbocycles. The predicted molar refractivity (Wildman–Crippen MR) is 131 cm³/mol. The molecule has 5 nitrogen and oxygen atoms in total. The summed E-state index contributed by atoms with van der Waals surface area (Å²) in [5.74, 6) is 1.92. The zero-order valence-electron chi connectivity index (χ0n) is 19.7. The Hall–Kier alpha value is -3.47. The van der Waals surface area contributed by atoms with Gasteiger partial charge in [-0.3, -0.25) is 0 Å². The van der Waals surface area contributed by atoms with Crippen LogP contribution in [0, 0.1) is 6.92 Å². The highest BCUT2D eigenvalue weighted by atomic mass is 16.5. The summed E-state index contributed by atoms with van der Waals surface area (Å²) in [4.78, 5) is 5.00. The van der Waals surface area contributed by atoms with Crippen molar-refractivity contribution in [2.45, 2.75) is 45.4 Å².